The van der Waals surface area contributed by atoms with Crippen LogP contribution in [0.5, 0.6) is 0 Å². The summed E-state index contributed by atoms with van der Waals surface area (Å²) in [6.07, 6.45) is 3.74. The van der Waals surface area contributed by atoms with E-state index < -0.39 is 0 Å². The normalized spacial score (nSPS) is 16.0. The number of nitrogens with one attached hydrogen (secondary N) is 1. The number of hydrogen-bond acceptors (Lipinski definition) is 7. The Morgan fingerprint density at radius 1 is 1.26 bits per heavy atom. The minimum Gasteiger partial charge on any atom is -0.394 e. The van der Waals surface area contributed by atoms with Gasteiger partial charge in [0, 0.05) is 6.20 Å². The summed E-state index contributed by atoms with van der Waals surface area (Å²) in [5.74, 6) is -0.404. The lowest BCUT2D eigenvalue weighted by Gasteiger charge is -2.17. The number of halogens is 1. The lowest BCUT2D eigenvalue weighted by molar-refractivity contribution is -0.122. The number of carbonyl (C=O) groups excluding carboxylic acids is 1. The van der Waals surface area contributed by atoms with E-state index in [1.807, 2.05) is 19.9 Å². The van der Waals surface area contributed by atoms with Crippen molar-refractivity contribution in [3.05, 3.63) is 80.4 Å². The van der Waals surface area contributed by atoms with Gasteiger partial charge in [0.1, 0.15) is 21.6 Å². The van der Waals surface area contributed by atoms with E-state index in [4.69, 9.17) is 12.2 Å². The number of thiocarbonyl (C=S) groups is 1. The maximum Gasteiger partial charge on any atom is 0.267 e. The molecule has 1 atom stereocenters. The Bertz CT molecular complexity index is 1350. The molecular formula is C24H23FN4O3S2. The molecule has 1 unspecified atom stereocenters. The maximum absolute atomic E-state index is 13.4. The third-order valence-corrected chi connectivity index (χ3v) is 6.92. The molecular weight excluding hydrogens is 475 g/mol. The van der Waals surface area contributed by atoms with Crippen LogP contribution in [0.15, 0.2) is 52.3 Å². The van der Waals surface area contributed by atoms with Gasteiger partial charge in [-0.3, -0.25) is 18.9 Å². The number of aryl methyl sites for hydroxylation is 1. The largest absolute Gasteiger partial charge is 0.394 e. The van der Waals surface area contributed by atoms with E-state index in [0.29, 0.717) is 27.1 Å². The first-order valence-corrected chi connectivity index (χ1v) is 11.9. The molecule has 0 radical (unpaired) electrons. The van der Waals surface area contributed by atoms with Gasteiger partial charge in [0.15, 0.2) is 0 Å². The Labute approximate surface area is 205 Å². The number of rotatable bonds is 7. The average Bonchev–Trinajstić information content (AvgIpc) is 3.09. The molecule has 1 fully saturated rings. The monoisotopic (exact) mass is 498 g/mol. The Balaban J connectivity index is 1.76. The van der Waals surface area contributed by atoms with Crippen LogP contribution in [0, 0.1) is 12.7 Å². The van der Waals surface area contributed by atoms with Crippen molar-refractivity contribution >= 4 is 51.7 Å². The lowest BCUT2D eigenvalue weighted by Crippen LogP contribution is -2.28. The fraction of sp³-hybridized carbons (Fsp3) is 0.250. The predicted molar refractivity (Wildman–Crippen MR) is 136 cm³/mol. The van der Waals surface area contributed by atoms with Crippen LogP contribution in [-0.4, -0.2) is 42.3 Å². The van der Waals surface area contributed by atoms with E-state index in [-0.39, 0.29) is 42.0 Å². The molecule has 0 bridgehead atoms. The number of aliphatic hydroxyl groups is 1. The van der Waals surface area contributed by atoms with Crippen molar-refractivity contribution in [3.63, 3.8) is 0 Å². The van der Waals surface area contributed by atoms with Gasteiger partial charge in [-0.1, -0.05) is 49.1 Å². The molecule has 3 aromatic rings. The van der Waals surface area contributed by atoms with E-state index in [1.54, 1.807) is 24.4 Å². The topological polar surface area (TPSA) is 86.9 Å². The van der Waals surface area contributed by atoms with Crippen LogP contribution in [-0.2, 0) is 11.3 Å². The second-order valence-electron chi connectivity index (χ2n) is 7.89. The van der Waals surface area contributed by atoms with E-state index in [0.717, 1.165) is 22.9 Å². The number of hydrogen-bond donors (Lipinski definition) is 2. The van der Waals surface area contributed by atoms with Crippen LogP contribution in [0.4, 0.5) is 10.2 Å². The van der Waals surface area contributed by atoms with Gasteiger partial charge >= 0.3 is 0 Å². The van der Waals surface area contributed by atoms with Gasteiger partial charge in [0.2, 0.25) is 0 Å². The van der Waals surface area contributed by atoms with E-state index in [1.165, 1.54) is 27.5 Å². The summed E-state index contributed by atoms with van der Waals surface area (Å²) < 4.78 is 15.0. The molecule has 34 heavy (non-hydrogen) atoms. The van der Waals surface area contributed by atoms with Gasteiger partial charge in [-0.15, -0.1) is 0 Å². The molecule has 2 N–H and O–H groups in total. The summed E-state index contributed by atoms with van der Waals surface area (Å²) >= 11 is 6.51. The van der Waals surface area contributed by atoms with E-state index in [2.05, 4.69) is 10.3 Å². The molecule has 2 aromatic heterocycles. The number of thioether (sulfide) groups is 1. The Morgan fingerprint density at radius 2 is 2.00 bits per heavy atom. The number of amides is 1. The highest BCUT2D eigenvalue weighted by atomic mass is 32.2. The highest BCUT2D eigenvalue weighted by molar-refractivity contribution is 8.26. The lowest BCUT2D eigenvalue weighted by atomic mass is 10.2. The van der Waals surface area contributed by atoms with Crippen molar-refractivity contribution < 1.29 is 14.3 Å². The summed E-state index contributed by atoms with van der Waals surface area (Å²) in [7, 11) is 0. The maximum atomic E-state index is 13.4. The molecule has 1 amide bonds. The minimum absolute atomic E-state index is 0.134. The molecule has 7 nitrogen and oxygen atoms in total. The number of aliphatic hydroxyl groups excluding tert-OH is 1. The predicted octanol–water partition coefficient (Wildman–Crippen LogP) is 3.73. The molecule has 176 valence electrons. The van der Waals surface area contributed by atoms with Crippen molar-refractivity contribution in [2.24, 2.45) is 0 Å². The van der Waals surface area contributed by atoms with Crippen LogP contribution >= 0.6 is 24.0 Å². The third-order valence-electron chi connectivity index (χ3n) is 5.54. The van der Waals surface area contributed by atoms with Crippen LogP contribution in [0.25, 0.3) is 11.7 Å². The zero-order valence-electron chi connectivity index (χ0n) is 18.6. The summed E-state index contributed by atoms with van der Waals surface area (Å²) in [5, 5.41) is 12.8. The number of benzene rings is 1. The van der Waals surface area contributed by atoms with Crippen LogP contribution in [0.2, 0.25) is 0 Å². The third kappa shape index (κ3) is 4.75. The molecule has 1 aromatic carbocycles. The van der Waals surface area contributed by atoms with Crippen LogP contribution in [0.1, 0.15) is 30.0 Å². The highest BCUT2D eigenvalue weighted by Crippen LogP contribution is 2.34. The number of carbonyl (C=O) groups is 1. The molecule has 1 aliphatic heterocycles. The second kappa shape index (κ2) is 10.0. The number of fused-ring (bicyclic) bond motifs is 1. The zero-order valence-corrected chi connectivity index (χ0v) is 20.3. The van der Waals surface area contributed by atoms with E-state index in [9.17, 15) is 19.1 Å². The molecule has 4 rings (SSSR count). The number of pyridine rings is 1. The Kier molecular flexibility index (Phi) is 7.11. The molecule has 1 aliphatic rings. The van der Waals surface area contributed by atoms with Gasteiger partial charge in [0.25, 0.3) is 11.5 Å². The average molecular weight is 499 g/mol. The molecule has 3 heterocycles. The van der Waals surface area contributed by atoms with Gasteiger partial charge in [-0.25, -0.2) is 9.37 Å². The second-order valence-corrected chi connectivity index (χ2v) is 9.57. The Morgan fingerprint density at radius 3 is 2.68 bits per heavy atom. The quantitative estimate of drug-likeness (QED) is 0.379. The van der Waals surface area contributed by atoms with Crippen molar-refractivity contribution in [2.75, 3.05) is 11.9 Å². The first-order valence-electron chi connectivity index (χ1n) is 10.7. The van der Waals surface area contributed by atoms with Crippen molar-refractivity contribution in [3.8, 4) is 0 Å². The number of aromatic nitrogens is 2. The molecule has 10 heteroatoms. The Hall–Kier alpha value is -3.08. The van der Waals surface area contributed by atoms with Crippen molar-refractivity contribution in [1.82, 2.24) is 14.3 Å². The molecule has 0 saturated carbocycles. The molecule has 0 aliphatic carbocycles. The fourth-order valence-electron chi connectivity index (χ4n) is 3.56. The highest BCUT2D eigenvalue weighted by Gasteiger charge is 2.33. The smallest absolute Gasteiger partial charge is 0.267 e. The van der Waals surface area contributed by atoms with Crippen molar-refractivity contribution in [1.29, 1.82) is 0 Å². The first-order chi connectivity index (χ1) is 16.3. The summed E-state index contributed by atoms with van der Waals surface area (Å²) in [5.41, 5.74) is 1.91. The zero-order chi connectivity index (χ0) is 24.4. The first kappa shape index (κ1) is 24.1. The minimum atomic E-state index is -0.359. The summed E-state index contributed by atoms with van der Waals surface area (Å²) in [4.78, 5) is 32.9. The van der Waals surface area contributed by atoms with Gasteiger partial charge in [0.05, 0.1) is 29.7 Å². The van der Waals surface area contributed by atoms with Crippen molar-refractivity contribution in [2.45, 2.75) is 32.9 Å². The standard InChI is InChI=1S/C24H23FN4O3S2/c1-3-17(13-30)26-20-18(22(31)28-10-4-5-14(2)21(28)27-20)11-19-23(32)29(24(33)34-19)12-15-6-8-16(25)9-7-15/h4-11,17,26,30H,3,12-13H2,1-2H3/b19-11-. The van der Waals surface area contributed by atoms with Crippen LogP contribution < -0.4 is 10.9 Å². The van der Waals surface area contributed by atoms with Crippen LogP contribution in [0.3, 0.4) is 0 Å². The SMILES string of the molecule is CCC(CO)Nc1nc2c(C)cccn2c(=O)c1/C=C1\SC(=S)N(Cc2ccc(F)cc2)C1=O. The van der Waals surface area contributed by atoms with E-state index >= 15 is 0 Å². The number of nitrogens with zero attached hydrogens (tertiary/aromatic N) is 3. The van der Waals surface area contributed by atoms with Gasteiger partial charge < -0.3 is 10.4 Å². The fourth-order valence-corrected chi connectivity index (χ4v) is 4.80. The van der Waals surface area contributed by atoms with Gasteiger partial charge in [-0.2, -0.15) is 0 Å². The van der Waals surface area contributed by atoms with Gasteiger partial charge in [-0.05, 0) is 48.7 Å². The summed E-state index contributed by atoms with van der Waals surface area (Å²) in [6.45, 7) is 3.83. The molecule has 0 spiro atoms. The molecule has 1 saturated heterocycles. The summed E-state index contributed by atoms with van der Waals surface area (Å²) in [6, 6.07) is 9.16. The number of anilines is 1.